The van der Waals surface area contributed by atoms with E-state index < -0.39 is 12.0 Å². The molecule has 0 aliphatic heterocycles. The second-order valence-corrected chi connectivity index (χ2v) is 4.82. The van der Waals surface area contributed by atoms with E-state index in [0.717, 1.165) is 0 Å². The molecule has 0 bridgehead atoms. The summed E-state index contributed by atoms with van der Waals surface area (Å²) in [5, 5.41) is 15.2. The maximum Gasteiger partial charge on any atom is 0.326 e. The average molecular weight is 312 g/mol. The van der Waals surface area contributed by atoms with Gasteiger partial charge in [0.25, 0.3) is 0 Å². The molecule has 0 aliphatic carbocycles. The van der Waals surface area contributed by atoms with Gasteiger partial charge in [-0.2, -0.15) is 4.98 Å². The average Bonchev–Trinajstić information content (AvgIpc) is 2.85. The van der Waals surface area contributed by atoms with Crippen LogP contribution in [0.2, 0.25) is 0 Å². The molecule has 2 amide bonds. The number of nitrogens with zero attached hydrogens (tertiary/aromatic N) is 3. The van der Waals surface area contributed by atoms with Crippen LogP contribution in [-0.4, -0.2) is 57.1 Å². The lowest BCUT2D eigenvalue weighted by atomic mass is 10.2. The summed E-state index contributed by atoms with van der Waals surface area (Å²) in [5.41, 5.74) is 0. The van der Waals surface area contributed by atoms with Crippen molar-refractivity contribution in [3.8, 4) is 0 Å². The van der Waals surface area contributed by atoms with E-state index >= 15 is 0 Å². The minimum atomic E-state index is -1.11. The molecule has 22 heavy (non-hydrogen) atoms. The van der Waals surface area contributed by atoms with Gasteiger partial charge in [0.15, 0.2) is 5.82 Å². The van der Waals surface area contributed by atoms with Gasteiger partial charge in [-0.05, 0) is 13.8 Å². The molecular formula is C13H20N4O5. The number of amides is 2. The van der Waals surface area contributed by atoms with Gasteiger partial charge in [-0.1, -0.05) is 5.16 Å². The van der Waals surface area contributed by atoms with Crippen molar-refractivity contribution in [2.45, 2.75) is 39.7 Å². The predicted octanol–water partition coefficient (Wildman–Crippen LogP) is -0.252. The number of aliphatic carboxylic acids is 1. The zero-order chi connectivity index (χ0) is 16.7. The third-order valence-electron chi connectivity index (χ3n) is 2.99. The van der Waals surface area contributed by atoms with Gasteiger partial charge in [-0.15, -0.1) is 0 Å². The van der Waals surface area contributed by atoms with E-state index in [2.05, 4.69) is 15.5 Å². The van der Waals surface area contributed by atoms with E-state index in [9.17, 15) is 14.4 Å². The van der Waals surface area contributed by atoms with Crippen molar-refractivity contribution in [2.24, 2.45) is 0 Å². The van der Waals surface area contributed by atoms with Crippen LogP contribution in [0.15, 0.2) is 4.52 Å². The molecule has 2 N–H and O–H groups in total. The summed E-state index contributed by atoms with van der Waals surface area (Å²) in [5.74, 6) is -0.892. The van der Waals surface area contributed by atoms with Crippen molar-refractivity contribution < 1.29 is 24.0 Å². The van der Waals surface area contributed by atoms with Gasteiger partial charge in [0.1, 0.15) is 6.04 Å². The molecule has 1 unspecified atom stereocenters. The Hall–Kier alpha value is -2.45. The molecule has 0 radical (unpaired) electrons. The number of hydrogen-bond acceptors (Lipinski definition) is 6. The Labute approximate surface area is 127 Å². The van der Waals surface area contributed by atoms with Crippen LogP contribution in [0.1, 0.15) is 32.0 Å². The lowest BCUT2D eigenvalue weighted by Gasteiger charge is -2.26. The van der Waals surface area contributed by atoms with E-state index in [4.69, 9.17) is 9.63 Å². The van der Waals surface area contributed by atoms with Crippen molar-refractivity contribution in [1.29, 1.82) is 0 Å². The molecule has 1 aromatic heterocycles. The minimum absolute atomic E-state index is 0.0549. The molecule has 0 saturated heterocycles. The Morgan fingerprint density at radius 2 is 2.09 bits per heavy atom. The number of aryl methyl sites for hydroxylation is 2. The quantitative estimate of drug-likeness (QED) is 0.677. The molecule has 1 aromatic rings. The van der Waals surface area contributed by atoms with Crippen LogP contribution in [0.3, 0.4) is 0 Å². The van der Waals surface area contributed by atoms with Gasteiger partial charge in [0, 0.05) is 32.9 Å². The molecule has 9 nitrogen and oxygen atoms in total. The smallest absolute Gasteiger partial charge is 0.326 e. The van der Waals surface area contributed by atoms with E-state index in [1.54, 1.807) is 6.92 Å². The Bertz CT molecular complexity index is 542. The van der Waals surface area contributed by atoms with Gasteiger partial charge < -0.3 is 19.8 Å². The minimum Gasteiger partial charge on any atom is -0.480 e. The molecule has 0 aliphatic rings. The zero-order valence-electron chi connectivity index (χ0n) is 12.8. The predicted molar refractivity (Wildman–Crippen MR) is 74.9 cm³/mol. The Morgan fingerprint density at radius 3 is 2.59 bits per heavy atom. The Kier molecular flexibility index (Phi) is 6.48. The number of carbonyl (C=O) groups excluding carboxylic acids is 2. The zero-order valence-corrected chi connectivity index (χ0v) is 12.8. The van der Waals surface area contributed by atoms with Gasteiger partial charge in [0.05, 0.1) is 0 Å². The lowest BCUT2D eigenvalue weighted by Crippen LogP contribution is -2.46. The highest BCUT2D eigenvalue weighted by molar-refractivity contribution is 5.83. The highest BCUT2D eigenvalue weighted by atomic mass is 16.5. The summed E-state index contributed by atoms with van der Waals surface area (Å²) in [7, 11) is 0. The number of carboxylic acid groups (broad SMARTS) is 1. The summed E-state index contributed by atoms with van der Waals surface area (Å²) in [4.78, 5) is 39.4. The first kappa shape index (κ1) is 17.6. The maximum absolute atomic E-state index is 12.2. The van der Waals surface area contributed by atoms with Gasteiger partial charge >= 0.3 is 5.97 Å². The topological polar surface area (TPSA) is 126 Å². The molecule has 0 fully saturated rings. The van der Waals surface area contributed by atoms with Crippen LogP contribution >= 0.6 is 0 Å². The van der Waals surface area contributed by atoms with Crippen LogP contribution < -0.4 is 5.32 Å². The molecule has 9 heteroatoms. The first-order chi connectivity index (χ1) is 10.3. The van der Waals surface area contributed by atoms with E-state index in [1.807, 2.05) is 0 Å². The van der Waals surface area contributed by atoms with Crippen LogP contribution in [0.4, 0.5) is 0 Å². The van der Waals surface area contributed by atoms with Crippen LogP contribution in [0.5, 0.6) is 0 Å². The van der Waals surface area contributed by atoms with Crippen LogP contribution in [0.25, 0.3) is 0 Å². The van der Waals surface area contributed by atoms with Gasteiger partial charge in [-0.3, -0.25) is 9.59 Å². The fourth-order valence-corrected chi connectivity index (χ4v) is 1.82. The molecule has 1 heterocycles. The summed E-state index contributed by atoms with van der Waals surface area (Å²) in [6.45, 7) is 4.75. The van der Waals surface area contributed by atoms with Gasteiger partial charge in [-0.25, -0.2) is 4.79 Å². The third kappa shape index (κ3) is 5.51. The highest BCUT2D eigenvalue weighted by Gasteiger charge is 2.25. The number of carboxylic acids is 1. The highest BCUT2D eigenvalue weighted by Crippen LogP contribution is 2.06. The molecule has 1 atom stereocenters. The van der Waals surface area contributed by atoms with Crippen molar-refractivity contribution >= 4 is 17.8 Å². The summed E-state index contributed by atoms with van der Waals surface area (Å²) < 4.78 is 4.91. The number of rotatable bonds is 8. The van der Waals surface area contributed by atoms with E-state index in [-0.39, 0.29) is 37.7 Å². The molecule has 0 aromatic carbocycles. The van der Waals surface area contributed by atoms with Crippen molar-refractivity contribution in [3.05, 3.63) is 11.7 Å². The fourth-order valence-electron chi connectivity index (χ4n) is 1.82. The Morgan fingerprint density at radius 1 is 1.41 bits per heavy atom. The molecule has 0 spiro atoms. The fraction of sp³-hybridized carbons (Fsp3) is 0.615. The second-order valence-electron chi connectivity index (χ2n) is 4.82. The largest absolute Gasteiger partial charge is 0.480 e. The first-order valence-corrected chi connectivity index (χ1v) is 6.87. The van der Waals surface area contributed by atoms with Crippen LogP contribution in [0, 0.1) is 6.92 Å². The number of nitrogens with one attached hydrogen (secondary N) is 1. The van der Waals surface area contributed by atoms with E-state index in [1.165, 1.54) is 18.7 Å². The molecule has 1 rings (SSSR count). The number of hydrogen-bond donors (Lipinski definition) is 2. The number of aromatic nitrogens is 2. The van der Waals surface area contributed by atoms with E-state index in [0.29, 0.717) is 11.7 Å². The molecule has 122 valence electrons. The molecule has 0 saturated carbocycles. The van der Waals surface area contributed by atoms with Gasteiger partial charge in [0.2, 0.25) is 17.7 Å². The second kappa shape index (κ2) is 8.11. The molecular weight excluding hydrogens is 292 g/mol. The van der Waals surface area contributed by atoms with Crippen molar-refractivity contribution in [1.82, 2.24) is 20.4 Å². The SMILES string of the molecule is CC(=O)NCCN(C(=O)CCc1nc(C)no1)C(C)C(=O)O. The normalized spacial score (nSPS) is 11.8. The third-order valence-corrected chi connectivity index (χ3v) is 2.99. The number of carbonyl (C=O) groups is 3. The first-order valence-electron chi connectivity index (χ1n) is 6.87. The summed E-state index contributed by atoms with van der Waals surface area (Å²) >= 11 is 0. The standard InChI is InChI=1S/C13H20N4O5/c1-8(13(20)21)17(7-6-14-10(3)18)12(19)5-4-11-15-9(2)16-22-11/h8H,4-7H2,1-3H3,(H,14,18)(H,20,21). The summed E-state index contributed by atoms with van der Waals surface area (Å²) in [6.07, 6.45) is 0.294. The maximum atomic E-state index is 12.2. The van der Waals surface area contributed by atoms with Crippen molar-refractivity contribution in [3.63, 3.8) is 0 Å². The van der Waals surface area contributed by atoms with Crippen LogP contribution in [-0.2, 0) is 20.8 Å². The lowest BCUT2D eigenvalue weighted by molar-refractivity contribution is -0.149. The summed E-state index contributed by atoms with van der Waals surface area (Å²) in [6, 6.07) is -0.981. The Balaban J connectivity index is 2.61. The monoisotopic (exact) mass is 312 g/mol. The van der Waals surface area contributed by atoms with Crippen molar-refractivity contribution in [2.75, 3.05) is 13.1 Å².